The van der Waals surface area contributed by atoms with Crippen LogP contribution >= 0.6 is 11.6 Å². The van der Waals surface area contributed by atoms with Gasteiger partial charge in [-0.05, 0) is 45.1 Å². The number of carbonyl (C=O) groups excluding carboxylic acids is 1. The molecule has 0 radical (unpaired) electrons. The molecule has 0 aliphatic heterocycles. The van der Waals surface area contributed by atoms with E-state index < -0.39 is 5.60 Å². The highest BCUT2D eigenvalue weighted by atomic mass is 35.5. The van der Waals surface area contributed by atoms with Crippen LogP contribution in [0.5, 0.6) is 0 Å². The Kier molecular flexibility index (Phi) is 7.45. The molecule has 2 aromatic rings. The predicted octanol–water partition coefficient (Wildman–Crippen LogP) is 4.48. The van der Waals surface area contributed by atoms with Crippen molar-refractivity contribution < 1.29 is 9.90 Å². The Labute approximate surface area is 199 Å². The van der Waals surface area contributed by atoms with Crippen LogP contribution in [0.3, 0.4) is 0 Å². The number of hydrogen-bond donors (Lipinski definition) is 4. The van der Waals surface area contributed by atoms with Gasteiger partial charge >= 0.3 is 0 Å². The second kappa shape index (κ2) is 9.94. The summed E-state index contributed by atoms with van der Waals surface area (Å²) in [5.41, 5.74) is 0.304. The van der Waals surface area contributed by atoms with Gasteiger partial charge in [0.15, 0.2) is 0 Å². The van der Waals surface area contributed by atoms with E-state index in [1.807, 2.05) is 6.07 Å². The molecule has 2 aromatic heterocycles. The van der Waals surface area contributed by atoms with Crippen molar-refractivity contribution in [1.82, 2.24) is 15.3 Å². The Morgan fingerprint density at radius 2 is 2.03 bits per heavy atom. The van der Waals surface area contributed by atoms with Crippen molar-refractivity contribution in [2.45, 2.75) is 52.6 Å². The minimum absolute atomic E-state index is 0.244. The van der Waals surface area contributed by atoms with E-state index in [0.717, 1.165) is 19.3 Å². The number of nitrogens with zero attached hydrogens (tertiary/aromatic N) is 3. The molecule has 1 amide bonds. The van der Waals surface area contributed by atoms with E-state index in [1.54, 1.807) is 19.9 Å². The maximum atomic E-state index is 13.0. The molecule has 33 heavy (non-hydrogen) atoms. The summed E-state index contributed by atoms with van der Waals surface area (Å²) < 4.78 is 0. The van der Waals surface area contributed by atoms with Crippen LogP contribution < -0.4 is 16.0 Å². The van der Waals surface area contributed by atoms with E-state index in [9.17, 15) is 9.90 Å². The SMILES string of the molecule is CC(C)CCNc1cc(Nc2ncc(C#N)cc2Cl)ncc1C(=O)NCC1(C(C)(C)O)CC1. The Hall–Kier alpha value is -2.89. The minimum Gasteiger partial charge on any atom is -0.390 e. The van der Waals surface area contributed by atoms with Gasteiger partial charge in [0.2, 0.25) is 0 Å². The largest absolute Gasteiger partial charge is 0.390 e. The fraction of sp³-hybridized carbons (Fsp3) is 0.500. The highest BCUT2D eigenvalue weighted by molar-refractivity contribution is 6.33. The molecule has 0 spiro atoms. The van der Waals surface area contributed by atoms with Gasteiger partial charge < -0.3 is 21.1 Å². The second-order valence-corrected chi connectivity index (χ2v) is 9.94. The molecule has 1 saturated carbocycles. The monoisotopic (exact) mass is 470 g/mol. The van der Waals surface area contributed by atoms with E-state index in [2.05, 4.69) is 39.8 Å². The lowest BCUT2D eigenvalue weighted by molar-refractivity contribution is 0.00303. The number of hydrogen-bond acceptors (Lipinski definition) is 7. The van der Waals surface area contributed by atoms with E-state index in [-0.39, 0.29) is 11.3 Å². The van der Waals surface area contributed by atoms with Crippen LogP contribution in [-0.2, 0) is 0 Å². The number of halogens is 1. The van der Waals surface area contributed by atoms with Gasteiger partial charge in [0, 0.05) is 37.0 Å². The molecule has 0 aromatic carbocycles. The van der Waals surface area contributed by atoms with Crippen molar-refractivity contribution in [3.8, 4) is 6.07 Å². The molecule has 0 saturated heterocycles. The molecular formula is C24H31ClN6O2. The summed E-state index contributed by atoms with van der Waals surface area (Å²) in [5.74, 6) is 1.10. The standard InChI is InChI=1S/C24H31ClN6O2/c1-15(2)5-8-27-19-10-20(31-21-18(25)9-16(11-26)12-29-21)28-13-17(19)22(32)30-14-24(6-7-24)23(3,4)33/h9-10,12-13,15,33H,5-8,14H2,1-4H3,(H,30,32)(H2,27,28,29,31). The van der Waals surface area contributed by atoms with Gasteiger partial charge in [-0.15, -0.1) is 0 Å². The summed E-state index contributed by atoms with van der Waals surface area (Å²) in [6.07, 6.45) is 5.65. The molecule has 0 atom stereocenters. The van der Waals surface area contributed by atoms with Crippen molar-refractivity contribution in [3.05, 3.63) is 40.7 Å². The molecule has 4 N–H and O–H groups in total. The van der Waals surface area contributed by atoms with Gasteiger partial charge in [-0.3, -0.25) is 4.79 Å². The maximum Gasteiger partial charge on any atom is 0.254 e. The quantitative estimate of drug-likeness (QED) is 0.403. The van der Waals surface area contributed by atoms with Gasteiger partial charge in [0.05, 0.1) is 27.4 Å². The highest BCUT2D eigenvalue weighted by Crippen LogP contribution is 2.53. The van der Waals surface area contributed by atoms with Crippen LogP contribution in [0.4, 0.5) is 17.3 Å². The molecule has 0 unspecified atom stereocenters. The number of rotatable bonds is 10. The van der Waals surface area contributed by atoms with Crippen LogP contribution in [-0.4, -0.2) is 39.7 Å². The van der Waals surface area contributed by atoms with E-state index in [0.29, 0.717) is 52.5 Å². The van der Waals surface area contributed by atoms with Crippen LogP contribution in [0.1, 0.15) is 62.9 Å². The van der Waals surface area contributed by atoms with Crippen molar-refractivity contribution in [2.75, 3.05) is 23.7 Å². The number of aromatic nitrogens is 2. The fourth-order valence-electron chi connectivity index (χ4n) is 3.56. The molecule has 0 bridgehead atoms. The Bertz CT molecular complexity index is 1050. The first-order valence-corrected chi connectivity index (χ1v) is 11.5. The first kappa shape index (κ1) is 24.7. The average Bonchev–Trinajstić information content (AvgIpc) is 3.55. The van der Waals surface area contributed by atoms with Crippen molar-refractivity contribution >= 4 is 34.8 Å². The van der Waals surface area contributed by atoms with Crippen LogP contribution in [0, 0.1) is 22.7 Å². The van der Waals surface area contributed by atoms with Crippen LogP contribution in [0.2, 0.25) is 5.02 Å². The number of nitriles is 1. The number of anilines is 3. The number of nitrogens with one attached hydrogen (secondary N) is 3. The normalized spacial score (nSPS) is 14.5. The molecule has 3 rings (SSSR count). The van der Waals surface area contributed by atoms with Crippen molar-refractivity contribution in [1.29, 1.82) is 5.26 Å². The van der Waals surface area contributed by atoms with E-state index >= 15 is 0 Å². The maximum absolute atomic E-state index is 13.0. The highest BCUT2D eigenvalue weighted by Gasteiger charge is 2.53. The summed E-state index contributed by atoms with van der Waals surface area (Å²) in [6.45, 7) is 8.96. The van der Waals surface area contributed by atoms with Crippen LogP contribution in [0.25, 0.3) is 0 Å². The zero-order chi connectivity index (χ0) is 24.2. The lowest BCUT2D eigenvalue weighted by Crippen LogP contribution is -2.42. The third-order valence-electron chi connectivity index (χ3n) is 6.14. The molecule has 2 heterocycles. The lowest BCUT2D eigenvalue weighted by Gasteiger charge is -2.29. The molecule has 1 aliphatic carbocycles. The van der Waals surface area contributed by atoms with Gasteiger partial charge in [0.1, 0.15) is 17.7 Å². The third-order valence-corrected chi connectivity index (χ3v) is 6.43. The number of carbonyl (C=O) groups is 1. The Morgan fingerprint density at radius 1 is 1.30 bits per heavy atom. The van der Waals surface area contributed by atoms with Gasteiger partial charge in [-0.1, -0.05) is 25.4 Å². The first-order valence-electron chi connectivity index (χ1n) is 11.1. The smallest absolute Gasteiger partial charge is 0.254 e. The predicted molar refractivity (Wildman–Crippen MR) is 130 cm³/mol. The number of pyridine rings is 2. The van der Waals surface area contributed by atoms with E-state index in [4.69, 9.17) is 16.9 Å². The zero-order valence-corrected chi connectivity index (χ0v) is 20.3. The summed E-state index contributed by atoms with van der Waals surface area (Å²) >= 11 is 6.22. The van der Waals surface area contributed by atoms with Gasteiger partial charge in [0.25, 0.3) is 5.91 Å². The fourth-order valence-corrected chi connectivity index (χ4v) is 3.77. The summed E-state index contributed by atoms with van der Waals surface area (Å²) in [7, 11) is 0. The molecule has 176 valence electrons. The third kappa shape index (κ3) is 6.12. The van der Waals surface area contributed by atoms with Gasteiger partial charge in [-0.25, -0.2) is 9.97 Å². The topological polar surface area (TPSA) is 123 Å². The summed E-state index contributed by atoms with van der Waals surface area (Å²) in [4.78, 5) is 21.5. The summed E-state index contributed by atoms with van der Waals surface area (Å²) in [5, 5.41) is 29.1. The number of aliphatic hydroxyl groups is 1. The molecule has 8 nitrogen and oxygen atoms in total. The molecule has 1 aliphatic rings. The summed E-state index contributed by atoms with van der Waals surface area (Å²) in [6, 6.07) is 5.26. The average molecular weight is 471 g/mol. The lowest BCUT2D eigenvalue weighted by atomic mass is 9.87. The van der Waals surface area contributed by atoms with Crippen molar-refractivity contribution in [2.24, 2.45) is 11.3 Å². The Morgan fingerprint density at radius 3 is 2.61 bits per heavy atom. The van der Waals surface area contributed by atoms with Gasteiger partial charge in [-0.2, -0.15) is 5.26 Å². The molecule has 9 heteroatoms. The number of amides is 1. The van der Waals surface area contributed by atoms with Crippen molar-refractivity contribution in [3.63, 3.8) is 0 Å². The van der Waals surface area contributed by atoms with Crippen LogP contribution in [0.15, 0.2) is 24.5 Å². The molecule has 1 fully saturated rings. The molecular weight excluding hydrogens is 440 g/mol. The minimum atomic E-state index is -0.849. The second-order valence-electron chi connectivity index (χ2n) is 9.54. The van der Waals surface area contributed by atoms with E-state index in [1.165, 1.54) is 18.5 Å². The zero-order valence-electron chi connectivity index (χ0n) is 19.5. The first-order chi connectivity index (χ1) is 15.5. The Balaban J connectivity index is 1.79.